The lowest BCUT2D eigenvalue weighted by Crippen LogP contribution is -2.05. The van der Waals surface area contributed by atoms with Gasteiger partial charge in [-0.15, -0.1) is 11.6 Å². The molecule has 2 nitrogen and oxygen atoms in total. The van der Waals surface area contributed by atoms with Gasteiger partial charge in [-0.05, 0) is 6.07 Å². The zero-order valence-corrected chi connectivity index (χ0v) is 6.38. The van der Waals surface area contributed by atoms with Crippen LogP contribution in [0.25, 0.3) is 0 Å². The van der Waals surface area contributed by atoms with E-state index in [1.54, 1.807) is 6.07 Å². The number of halogens is 1. The summed E-state index contributed by atoms with van der Waals surface area (Å²) >= 11 is 5.75. The molecule has 0 fully saturated rings. The number of para-hydroxylation sites is 1. The molecule has 2 rings (SSSR count). The molecule has 0 saturated heterocycles. The van der Waals surface area contributed by atoms with Gasteiger partial charge in [0, 0.05) is 5.56 Å². The Morgan fingerprint density at radius 3 is 2.82 bits per heavy atom. The normalized spacial score (nSPS) is 21.2. The maximum Gasteiger partial charge on any atom is 0.268 e. The second kappa shape index (κ2) is 2.24. The first kappa shape index (κ1) is 6.68. The van der Waals surface area contributed by atoms with Crippen LogP contribution in [-0.4, -0.2) is 5.91 Å². The second-order valence-corrected chi connectivity index (χ2v) is 2.81. The highest BCUT2D eigenvalue weighted by Crippen LogP contribution is 2.34. The lowest BCUT2D eigenvalue weighted by Gasteiger charge is -1.94. The quantitative estimate of drug-likeness (QED) is 0.540. The molecule has 1 radical (unpaired) electrons. The molecule has 1 atom stereocenters. The number of carbonyl (C=O) groups excluding carboxylic acids is 1. The SMILES string of the molecule is O=C1[N]c2ccccc2C1Cl. The Kier molecular flexibility index (Phi) is 1.36. The van der Waals surface area contributed by atoms with Crippen LogP contribution in [-0.2, 0) is 4.79 Å². The van der Waals surface area contributed by atoms with E-state index in [0.29, 0.717) is 5.69 Å². The maximum absolute atomic E-state index is 10.9. The molecule has 0 aliphatic carbocycles. The average Bonchev–Trinajstić information content (AvgIpc) is 2.30. The number of hydrogen-bond acceptors (Lipinski definition) is 1. The fourth-order valence-corrected chi connectivity index (χ4v) is 1.35. The Balaban J connectivity index is 2.55. The Morgan fingerprint density at radius 2 is 2.09 bits per heavy atom. The lowest BCUT2D eigenvalue weighted by molar-refractivity contribution is -0.119. The number of alkyl halides is 1. The van der Waals surface area contributed by atoms with Crippen LogP contribution in [0, 0.1) is 0 Å². The standard InChI is InChI=1S/C8H5ClNO/c9-7-5-3-1-2-4-6(5)10-8(7)11/h1-4,7H. The van der Waals surface area contributed by atoms with E-state index in [1.165, 1.54) is 0 Å². The number of carbonyl (C=O) groups is 1. The van der Waals surface area contributed by atoms with Gasteiger partial charge in [-0.3, -0.25) is 4.79 Å². The molecule has 0 bridgehead atoms. The topological polar surface area (TPSA) is 31.2 Å². The first-order chi connectivity index (χ1) is 5.29. The van der Waals surface area contributed by atoms with Gasteiger partial charge in [-0.1, -0.05) is 18.2 Å². The summed E-state index contributed by atoms with van der Waals surface area (Å²) in [6, 6.07) is 7.30. The number of nitrogens with zero attached hydrogens (tertiary/aromatic N) is 1. The van der Waals surface area contributed by atoms with Crippen LogP contribution in [0.4, 0.5) is 5.69 Å². The maximum atomic E-state index is 10.9. The van der Waals surface area contributed by atoms with Crippen molar-refractivity contribution in [3.05, 3.63) is 29.8 Å². The molecule has 3 heteroatoms. The van der Waals surface area contributed by atoms with E-state index in [4.69, 9.17) is 11.6 Å². The van der Waals surface area contributed by atoms with Gasteiger partial charge < -0.3 is 0 Å². The van der Waals surface area contributed by atoms with Gasteiger partial charge in [-0.25, -0.2) is 5.32 Å². The van der Waals surface area contributed by atoms with Crippen molar-refractivity contribution in [1.29, 1.82) is 0 Å². The molecule has 0 spiro atoms. The molecule has 1 aromatic rings. The summed E-state index contributed by atoms with van der Waals surface area (Å²) < 4.78 is 0. The molecule has 1 aromatic carbocycles. The molecule has 0 saturated carbocycles. The van der Waals surface area contributed by atoms with Crippen molar-refractivity contribution in [2.24, 2.45) is 0 Å². The molecule has 1 amide bonds. The Hall–Kier alpha value is -1.02. The summed E-state index contributed by atoms with van der Waals surface area (Å²) in [7, 11) is 0. The third kappa shape index (κ3) is 0.906. The number of fused-ring (bicyclic) bond motifs is 1. The predicted molar refractivity (Wildman–Crippen MR) is 41.8 cm³/mol. The van der Waals surface area contributed by atoms with E-state index in [-0.39, 0.29) is 5.91 Å². The molecule has 11 heavy (non-hydrogen) atoms. The number of hydrogen-bond donors (Lipinski definition) is 0. The van der Waals surface area contributed by atoms with Crippen molar-refractivity contribution >= 4 is 23.2 Å². The van der Waals surface area contributed by atoms with Crippen LogP contribution < -0.4 is 5.32 Å². The van der Waals surface area contributed by atoms with Crippen molar-refractivity contribution in [3.63, 3.8) is 0 Å². The van der Waals surface area contributed by atoms with Gasteiger partial charge in [0.2, 0.25) is 0 Å². The van der Waals surface area contributed by atoms with E-state index >= 15 is 0 Å². The first-order valence-electron chi connectivity index (χ1n) is 3.27. The Morgan fingerprint density at radius 1 is 1.36 bits per heavy atom. The molecule has 1 heterocycles. The van der Waals surface area contributed by atoms with Crippen LogP contribution in [0.3, 0.4) is 0 Å². The van der Waals surface area contributed by atoms with E-state index in [0.717, 1.165) is 5.56 Å². The van der Waals surface area contributed by atoms with Gasteiger partial charge in [-0.2, -0.15) is 0 Å². The molecule has 0 aromatic heterocycles. The molecule has 1 aliphatic rings. The van der Waals surface area contributed by atoms with Crippen molar-refractivity contribution in [2.75, 3.05) is 0 Å². The summed E-state index contributed by atoms with van der Waals surface area (Å²) in [5, 5.41) is 3.20. The van der Waals surface area contributed by atoms with E-state index in [1.807, 2.05) is 18.2 Å². The third-order valence-electron chi connectivity index (χ3n) is 1.66. The lowest BCUT2D eigenvalue weighted by atomic mass is 10.2. The first-order valence-corrected chi connectivity index (χ1v) is 3.71. The van der Waals surface area contributed by atoms with Gasteiger partial charge in [0.25, 0.3) is 5.91 Å². The van der Waals surface area contributed by atoms with Crippen molar-refractivity contribution in [3.8, 4) is 0 Å². The van der Waals surface area contributed by atoms with Gasteiger partial charge in [0.15, 0.2) is 0 Å². The molecule has 1 aliphatic heterocycles. The van der Waals surface area contributed by atoms with Crippen LogP contribution in [0.15, 0.2) is 24.3 Å². The van der Waals surface area contributed by atoms with Crippen LogP contribution >= 0.6 is 11.6 Å². The Labute approximate surface area is 69.2 Å². The minimum Gasteiger partial charge on any atom is -0.270 e. The monoisotopic (exact) mass is 166 g/mol. The van der Waals surface area contributed by atoms with E-state index in [9.17, 15) is 4.79 Å². The zero-order chi connectivity index (χ0) is 7.84. The van der Waals surface area contributed by atoms with E-state index in [2.05, 4.69) is 5.32 Å². The fourth-order valence-electron chi connectivity index (χ4n) is 1.11. The zero-order valence-electron chi connectivity index (χ0n) is 5.62. The van der Waals surface area contributed by atoms with Gasteiger partial charge in [0.05, 0.1) is 5.69 Å². The van der Waals surface area contributed by atoms with Gasteiger partial charge >= 0.3 is 0 Å². The predicted octanol–water partition coefficient (Wildman–Crippen LogP) is 1.74. The number of rotatable bonds is 0. The molecule has 55 valence electrons. The molecular weight excluding hydrogens is 162 g/mol. The number of benzene rings is 1. The average molecular weight is 167 g/mol. The third-order valence-corrected chi connectivity index (χ3v) is 2.08. The van der Waals surface area contributed by atoms with Crippen molar-refractivity contribution in [2.45, 2.75) is 5.38 Å². The largest absolute Gasteiger partial charge is 0.270 e. The summed E-state index contributed by atoms with van der Waals surface area (Å²) in [5.41, 5.74) is 1.52. The minimum absolute atomic E-state index is 0.257. The highest BCUT2D eigenvalue weighted by molar-refractivity contribution is 6.32. The summed E-state index contributed by atoms with van der Waals surface area (Å²) in [6.07, 6.45) is 0. The fraction of sp³-hybridized carbons (Fsp3) is 0.125. The highest BCUT2D eigenvalue weighted by Gasteiger charge is 2.29. The van der Waals surface area contributed by atoms with Crippen LogP contribution in [0.1, 0.15) is 10.9 Å². The highest BCUT2D eigenvalue weighted by atomic mass is 35.5. The van der Waals surface area contributed by atoms with Crippen LogP contribution in [0.5, 0.6) is 0 Å². The molecule has 0 N–H and O–H groups in total. The van der Waals surface area contributed by atoms with Crippen LogP contribution in [0.2, 0.25) is 0 Å². The summed E-state index contributed by atoms with van der Waals surface area (Å²) in [4.78, 5) is 10.9. The number of amides is 1. The smallest absolute Gasteiger partial charge is 0.268 e. The molecule has 1 unspecified atom stereocenters. The second-order valence-electron chi connectivity index (χ2n) is 2.37. The Bertz CT molecular complexity index is 311. The van der Waals surface area contributed by atoms with Crippen molar-refractivity contribution in [1.82, 2.24) is 5.32 Å². The van der Waals surface area contributed by atoms with Gasteiger partial charge in [0.1, 0.15) is 5.38 Å². The van der Waals surface area contributed by atoms with Crippen molar-refractivity contribution < 1.29 is 4.79 Å². The minimum atomic E-state index is -0.564. The van der Waals surface area contributed by atoms with E-state index < -0.39 is 5.38 Å². The summed E-state index contributed by atoms with van der Waals surface area (Å²) in [6.45, 7) is 0. The molecular formula is C8H5ClNO. The summed E-state index contributed by atoms with van der Waals surface area (Å²) in [5.74, 6) is -0.257.